The quantitative estimate of drug-likeness (QED) is 0.761. The van der Waals surface area contributed by atoms with Crippen LogP contribution in [-0.2, 0) is 16.4 Å². The van der Waals surface area contributed by atoms with E-state index >= 15 is 0 Å². The first-order valence-corrected chi connectivity index (χ1v) is 11.9. The molecule has 2 aromatic carbocycles. The van der Waals surface area contributed by atoms with Crippen LogP contribution in [0.1, 0.15) is 25.3 Å². The van der Waals surface area contributed by atoms with Crippen LogP contribution in [0.25, 0.3) is 11.1 Å². The summed E-state index contributed by atoms with van der Waals surface area (Å²) in [5.74, 6) is 0. The highest BCUT2D eigenvalue weighted by atomic mass is 32.2. The molecule has 2 atom stereocenters. The van der Waals surface area contributed by atoms with Crippen molar-refractivity contribution in [1.82, 2.24) is 14.9 Å². The predicted octanol–water partition coefficient (Wildman–Crippen LogP) is 3.01. The normalized spacial score (nSPS) is 19.7. The molecule has 0 bridgehead atoms. The molecule has 6 nitrogen and oxygen atoms in total. The highest BCUT2D eigenvalue weighted by Gasteiger charge is 2.35. The second-order valence-corrected chi connectivity index (χ2v) is 9.29. The van der Waals surface area contributed by atoms with Crippen LogP contribution in [0.3, 0.4) is 0 Å². The van der Waals surface area contributed by atoms with Gasteiger partial charge in [-0.2, -0.15) is 0 Å². The maximum atomic E-state index is 12.6. The van der Waals surface area contributed by atoms with E-state index < -0.39 is 10.0 Å². The van der Waals surface area contributed by atoms with Crippen LogP contribution in [-0.4, -0.2) is 50.8 Å². The van der Waals surface area contributed by atoms with Gasteiger partial charge in [-0.15, -0.1) is 0 Å². The molecule has 0 radical (unpaired) electrons. The minimum atomic E-state index is -3.37. The van der Waals surface area contributed by atoms with Gasteiger partial charge in [0, 0.05) is 19.1 Å². The molecular formula is C22H29N3O3S. The minimum Gasteiger partial charge on any atom is -0.338 e. The van der Waals surface area contributed by atoms with Crippen molar-refractivity contribution in [2.75, 3.05) is 19.3 Å². The fourth-order valence-corrected chi connectivity index (χ4v) is 4.80. The molecule has 1 fully saturated rings. The van der Waals surface area contributed by atoms with Crippen molar-refractivity contribution in [3.8, 4) is 11.1 Å². The summed E-state index contributed by atoms with van der Waals surface area (Å²) in [6.45, 7) is 3.04. The lowest BCUT2D eigenvalue weighted by Gasteiger charge is -2.41. The van der Waals surface area contributed by atoms with E-state index in [2.05, 4.69) is 34.3 Å². The number of sulfonamides is 1. The Kier molecular flexibility index (Phi) is 6.92. The third-order valence-corrected chi connectivity index (χ3v) is 5.94. The molecule has 7 heteroatoms. The van der Waals surface area contributed by atoms with E-state index in [1.807, 2.05) is 37.3 Å². The third-order valence-electron chi connectivity index (χ3n) is 5.21. The Labute approximate surface area is 173 Å². The Balaban J connectivity index is 1.89. The lowest BCUT2D eigenvalue weighted by atomic mass is 9.90. The number of hydrogen-bond donors (Lipinski definition) is 2. The number of hydrogen-bond acceptors (Lipinski definition) is 3. The molecule has 156 valence electrons. The average Bonchev–Trinajstić information content (AvgIpc) is 2.69. The monoisotopic (exact) mass is 415 g/mol. The van der Waals surface area contributed by atoms with E-state index in [0.29, 0.717) is 25.9 Å². The third kappa shape index (κ3) is 5.81. The van der Waals surface area contributed by atoms with Crippen LogP contribution >= 0.6 is 0 Å². The summed E-state index contributed by atoms with van der Waals surface area (Å²) in [6, 6.07) is 17.7. The first kappa shape index (κ1) is 21.3. The highest BCUT2D eigenvalue weighted by molar-refractivity contribution is 7.88. The van der Waals surface area contributed by atoms with Gasteiger partial charge in [0.1, 0.15) is 0 Å². The summed E-state index contributed by atoms with van der Waals surface area (Å²) in [5, 5.41) is 2.86. The van der Waals surface area contributed by atoms with Crippen molar-refractivity contribution in [3.63, 3.8) is 0 Å². The Bertz CT molecular complexity index is 931. The molecule has 2 N–H and O–H groups in total. The molecule has 0 saturated carbocycles. The van der Waals surface area contributed by atoms with Crippen LogP contribution < -0.4 is 10.0 Å². The molecule has 0 aliphatic carbocycles. The van der Waals surface area contributed by atoms with Crippen LogP contribution in [0, 0.1) is 0 Å². The second kappa shape index (κ2) is 9.41. The predicted molar refractivity (Wildman–Crippen MR) is 116 cm³/mol. The number of amides is 2. The van der Waals surface area contributed by atoms with Gasteiger partial charge in [-0.05, 0) is 42.9 Å². The zero-order chi connectivity index (χ0) is 20.9. The Morgan fingerprint density at radius 3 is 2.52 bits per heavy atom. The summed E-state index contributed by atoms with van der Waals surface area (Å²) in [5.41, 5.74) is 3.31. The van der Waals surface area contributed by atoms with Crippen molar-refractivity contribution >= 4 is 16.1 Å². The first-order valence-electron chi connectivity index (χ1n) is 10.0. The van der Waals surface area contributed by atoms with E-state index in [4.69, 9.17) is 0 Å². The van der Waals surface area contributed by atoms with Crippen molar-refractivity contribution in [2.24, 2.45) is 0 Å². The Morgan fingerprint density at radius 1 is 1.10 bits per heavy atom. The molecular weight excluding hydrogens is 386 g/mol. The minimum absolute atomic E-state index is 0.142. The first-order chi connectivity index (χ1) is 13.9. The maximum Gasteiger partial charge on any atom is 0.317 e. The van der Waals surface area contributed by atoms with Gasteiger partial charge in [-0.25, -0.2) is 17.9 Å². The average molecular weight is 416 g/mol. The fourth-order valence-electron chi connectivity index (χ4n) is 3.98. The Hall–Kier alpha value is -2.38. The van der Waals surface area contributed by atoms with Gasteiger partial charge in [0.15, 0.2) is 0 Å². The maximum absolute atomic E-state index is 12.6. The molecule has 0 unspecified atom stereocenters. The Morgan fingerprint density at radius 2 is 1.83 bits per heavy atom. The lowest BCUT2D eigenvalue weighted by molar-refractivity contribution is 0.134. The van der Waals surface area contributed by atoms with Crippen LogP contribution in [0.2, 0.25) is 0 Å². The van der Waals surface area contributed by atoms with Crippen LogP contribution in [0.15, 0.2) is 54.6 Å². The molecule has 0 spiro atoms. The SMILES string of the molecule is CCNC(=O)N1CCC[C@@H](NS(C)(=O)=O)[C@H]1Cc1cccc(-c2ccccc2)c1. The number of carbonyl (C=O) groups excluding carboxylic acids is 1. The van der Waals surface area contributed by atoms with Crippen LogP contribution in [0.5, 0.6) is 0 Å². The summed E-state index contributed by atoms with van der Waals surface area (Å²) >= 11 is 0. The van der Waals surface area contributed by atoms with Gasteiger partial charge in [-0.1, -0.05) is 54.6 Å². The number of piperidine rings is 1. The van der Waals surface area contributed by atoms with E-state index in [9.17, 15) is 13.2 Å². The smallest absolute Gasteiger partial charge is 0.317 e. The summed E-state index contributed by atoms with van der Waals surface area (Å²) in [6.07, 6.45) is 3.24. The molecule has 1 aliphatic heterocycles. The van der Waals surface area contributed by atoms with Crippen molar-refractivity contribution in [1.29, 1.82) is 0 Å². The van der Waals surface area contributed by atoms with Gasteiger partial charge < -0.3 is 10.2 Å². The summed E-state index contributed by atoms with van der Waals surface area (Å²) in [7, 11) is -3.37. The molecule has 2 aromatic rings. The molecule has 1 heterocycles. The fraction of sp³-hybridized carbons (Fsp3) is 0.409. The molecule has 1 saturated heterocycles. The van der Waals surface area contributed by atoms with E-state index in [1.165, 1.54) is 6.26 Å². The van der Waals surface area contributed by atoms with Gasteiger partial charge in [-0.3, -0.25) is 0 Å². The molecule has 3 rings (SSSR count). The standard InChI is InChI=1S/C22H29N3O3S/c1-3-23-22(26)25-14-8-13-20(24-29(2,27)28)21(25)16-17-9-7-12-19(15-17)18-10-5-4-6-11-18/h4-7,9-12,15,20-21,24H,3,8,13-14,16H2,1-2H3,(H,23,26)/t20-,21-/m1/s1. The summed E-state index contributed by atoms with van der Waals surface area (Å²) in [4.78, 5) is 14.4. The van der Waals surface area contributed by atoms with Gasteiger partial charge in [0.25, 0.3) is 0 Å². The number of nitrogens with one attached hydrogen (secondary N) is 2. The van der Waals surface area contributed by atoms with Crippen molar-refractivity contribution in [2.45, 2.75) is 38.3 Å². The molecule has 1 aliphatic rings. The van der Waals surface area contributed by atoms with Crippen molar-refractivity contribution in [3.05, 3.63) is 60.2 Å². The van der Waals surface area contributed by atoms with E-state index in [-0.39, 0.29) is 18.1 Å². The number of urea groups is 1. The number of nitrogens with zero attached hydrogens (tertiary/aromatic N) is 1. The molecule has 29 heavy (non-hydrogen) atoms. The lowest BCUT2D eigenvalue weighted by Crippen LogP contribution is -2.59. The highest BCUT2D eigenvalue weighted by Crippen LogP contribution is 2.25. The molecule has 2 amide bonds. The van der Waals surface area contributed by atoms with Gasteiger partial charge in [0.05, 0.1) is 12.3 Å². The summed E-state index contributed by atoms with van der Waals surface area (Å²) < 4.78 is 26.6. The second-order valence-electron chi connectivity index (χ2n) is 7.51. The largest absolute Gasteiger partial charge is 0.338 e. The number of carbonyl (C=O) groups is 1. The van der Waals surface area contributed by atoms with Gasteiger partial charge >= 0.3 is 6.03 Å². The number of rotatable bonds is 6. The number of benzene rings is 2. The van der Waals surface area contributed by atoms with E-state index in [0.717, 1.165) is 23.1 Å². The topological polar surface area (TPSA) is 78.5 Å². The zero-order valence-corrected chi connectivity index (χ0v) is 17.8. The van der Waals surface area contributed by atoms with Crippen LogP contribution in [0.4, 0.5) is 4.79 Å². The molecule has 0 aromatic heterocycles. The number of likely N-dealkylation sites (tertiary alicyclic amines) is 1. The van der Waals surface area contributed by atoms with Gasteiger partial charge in [0.2, 0.25) is 10.0 Å². The zero-order valence-electron chi connectivity index (χ0n) is 17.0. The van der Waals surface area contributed by atoms with Crippen molar-refractivity contribution < 1.29 is 13.2 Å². The van der Waals surface area contributed by atoms with E-state index in [1.54, 1.807) is 4.90 Å².